The highest BCUT2D eigenvalue weighted by atomic mass is 15.2. The molecular formula is C15H32N2. The second-order valence-electron chi connectivity index (χ2n) is 7.39. The lowest BCUT2D eigenvalue weighted by atomic mass is 9.80. The van der Waals surface area contributed by atoms with Gasteiger partial charge in [0.25, 0.3) is 0 Å². The van der Waals surface area contributed by atoms with E-state index in [0.29, 0.717) is 17.0 Å². The molecule has 1 rings (SSSR count). The van der Waals surface area contributed by atoms with Gasteiger partial charge in [-0.05, 0) is 51.6 Å². The van der Waals surface area contributed by atoms with Crippen molar-refractivity contribution in [2.75, 3.05) is 19.6 Å². The Balaban J connectivity index is 2.58. The molecule has 1 fully saturated rings. The lowest BCUT2D eigenvalue weighted by Crippen LogP contribution is -2.54. The predicted octanol–water partition coefficient (Wildman–Crippen LogP) is 3.28. The van der Waals surface area contributed by atoms with Gasteiger partial charge >= 0.3 is 0 Å². The molecule has 1 aliphatic rings. The summed E-state index contributed by atoms with van der Waals surface area (Å²) in [6.45, 7) is 17.7. The molecule has 102 valence electrons. The molecule has 2 nitrogen and oxygen atoms in total. The maximum absolute atomic E-state index is 3.61. The van der Waals surface area contributed by atoms with E-state index in [0.717, 1.165) is 6.54 Å². The van der Waals surface area contributed by atoms with E-state index in [1.165, 1.54) is 32.4 Å². The standard InChI is InChI=1S/C15H32N2/c1-7-16-13-9-8-10-17(11-13)15(5,6)12-14(2,3)4/h13,16H,7-12H2,1-6H3. The Morgan fingerprint density at radius 3 is 2.35 bits per heavy atom. The molecule has 17 heavy (non-hydrogen) atoms. The van der Waals surface area contributed by atoms with Crippen LogP contribution in [0.3, 0.4) is 0 Å². The van der Waals surface area contributed by atoms with Crippen molar-refractivity contribution in [2.24, 2.45) is 5.41 Å². The normalized spacial score (nSPS) is 24.0. The summed E-state index contributed by atoms with van der Waals surface area (Å²) >= 11 is 0. The first-order valence-electron chi connectivity index (χ1n) is 7.23. The summed E-state index contributed by atoms with van der Waals surface area (Å²) < 4.78 is 0. The Kier molecular flexibility index (Phi) is 5.03. The van der Waals surface area contributed by atoms with E-state index in [4.69, 9.17) is 0 Å². The molecule has 1 aliphatic heterocycles. The highest BCUT2D eigenvalue weighted by Gasteiger charge is 2.34. The minimum atomic E-state index is 0.326. The van der Waals surface area contributed by atoms with Crippen LogP contribution in [0.25, 0.3) is 0 Å². The van der Waals surface area contributed by atoms with Crippen molar-refractivity contribution in [3.63, 3.8) is 0 Å². The third-order valence-electron chi connectivity index (χ3n) is 3.73. The molecule has 0 aromatic rings. The fourth-order valence-electron chi connectivity index (χ4n) is 3.39. The van der Waals surface area contributed by atoms with Crippen LogP contribution in [0, 0.1) is 5.41 Å². The van der Waals surface area contributed by atoms with Crippen molar-refractivity contribution < 1.29 is 0 Å². The minimum absolute atomic E-state index is 0.326. The molecule has 0 saturated carbocycles. The van der Waals surface area contributed by atoms with Crippen LogP contribution >= 0.6 is 0 Å². The largest absolute Gasteiger partial charge is 0.313 e. The monoisotopic (exact) mass is 240 g/mol. The molecule has 1 N–H and O–H groups in total. The van der Waals surface area contributed by atoms with Crippen LogP contribution in [0.5, 0.6) is 0 Å². The summed E-state index contributed by atoms with van der Waals surface area (Å²) in [5, 5.41) is 3.61. The second-order valence-corrected chi connectivity index (χ2v) is 7.39. The van der Waals surface area contributed by atoms with Crippen molar-refractivity contribution in [3.05, 3.63) is 0 Å². The fraction of sp³-hybridized carbons (Fsp3) is 1.00. The Hall–Kier alpha value is -0.0800. The van der Waals surface area contributed by atoms with Gasteiger partial charge in [-0.1, -0.05) is 27.7 Å². The first kappa shape index (κ1) is 15.0. The predicted molar refractivity (Wildman–Crippen MR) is 76.4 cm³/mol. The van der Waals surface area contributed by atoms with Crippen LogP contribution in [0.15, 0.2) is 0 Å². The van der Waals surface area contributed by atoms with Gasteiger partial charge in [-0.25, -0.2) is 0 Å². The molecular weight excluding hydrogens is 208 g/mol. The van der Waals surface area contributed by atoms with Crippen LogP contribution in [-0.4, -0.2) is 36.1 Å². The quantitative estimate of drug-likeness (QED) is 0.811. The van der Waals surface area contributed by atoms with E-state index in [-0.39, 0.29) is 0 Å². The summed E-state index contributed by atoms with van der Waals surface area (Å²) in [6.07, 6.45) is 3.94. The molecule has 2 heteroatoms. The number of hydrogen-bond acceptors (Lipinski definition) is 2. The molecule has 0 radical (unpaired) electrons. The highest BCUT2D eigenvalue weighted by Crippen LogP contribution is 2.32. The van der Waals surface area contributed by atoms with Gasteiger partial charge < -0.3 is 5.32 Å². The molecule has 0 amide bonds. The first-order valence-corrected chi connectivity index (χ1v) is 7.23. The van der Waals surface area contributed by atoms with Gasteiger partial charge in [-0.3, -0.25) is 4.90 Å². The average molecular weight is 240 g/mol. The Bertz CT molecular complexity index is 226. The Labute approximate surface area is 108 Å². The van der Waals surface area contributed by atoms with Crippen molar-refractivity contribution in [1.29, 1.82) is 0 Å². The van der Waals surface area contributed by atoms with Crippen molar-refractivity contribution in [2.45, 2.75) is 72.4 Å². The molecule has 0 spiro atoms. The maximum Gasteiger partial charge on any atom is 0.0195 e. The van der Waals surface area contributed by atoms with Gasteiger partial charge in [0, 0.05) is 18.1 Å². The molecule has 0 aliphatic carbocycles. The van der Waals surface area contributed by atoms with Crippen molar-refractivity contribution in [3.8, 4) is 0 Å². The first-order chi connectivity index (χ1) is 7.74. The number of hydrogen-bond donors (Lipinski definition) is 1. The van der Waals surface area contributed by atoms with E-state index < -0.39 is 0 Å². The molecule has 0 bridgehead atoms. The van der Waals surface area contributed by atoms with Gasteiger partial charge in [0.05, 0.1) is 0 Å². The van der Waals surface area contributed by atoms with E-state index in [1.54, 1.807) is 0 Å². The van der Waals surface area contributed by atoms with Gasteiger partial charge in [-0.2, -0.15) is 0 Å². The number of piperidine rings is 1. The number of nitrogens with one attached hydrogen (secondary N) is 1. The summed E-state index contributed by atoms with van der Waals surface area (Å²) in [6, 6.07) is 0.702. The molecule has 1 heterocycles. The molecule has 0 aromatic carbocycles. The highest BCUT2D eigenvalue weighted by molar-refractivity contribution is 4.90. The fourth-order valence-corrected chi connectivity index (χ4v) is 3.39. The third kappa shape index (κ3) is 4.97. The summed E-state index contributed by atoms with van der Waals surface area (Å²) in [4.78, 5) is 2.69. The van der Waals surface area contributed by atoms with Crippen molar-refractivity contribution in [1.82, 2.24) is 10.2 Å². The topological polar surface area (TPSA) is 15.3 Å². The number of likely N-dealkylation sites (tertiary alicyclic amines) is 1. The zero-order valence-corrected chi connectivity index (χ0v) is 12.8. The van der Waals surface area contributed by atoms with Crippen LogP contribution in [0.2, 0.25) is 0 Å². The number of rotatable bonds is 4. The van der Waals surface area contributed by atoms with Crippen LogP contribution in [0.1, 0.15) is 60.8 Å². The third-order valence-corrected chi connectivity index (χ3v) is 3.73. The molecule has 1 atom stereocenters. The number of nitrogens with zero attached hydrogens (tertiary/aromatic N) is 1. The number of likely N-dealkylation sites (N-methyl/N-ethyl adjacent to an activating group) is 1. The lowest BCUT2D eigenvalue weighted by molar-refractivity contribution is 0.0467. The summed E-state index contributed by atoms with van der Waals surface area (Å²) in [7, 11) is 0. The van der Waals surface area contributed by atoms with Gasteiger partial charge in [0.1, 0.15) is 0 Å². The summed E-state index contributed by atoms with van der Waals surface area (Å²) in [5.74, 6) is 0. The van der Waals surface area contributed by atoms with Gasteiger partial charge in [0.2, 0.25) is 0 Å². The smallest absolute Gasteiger partial charge is 0.0195 e. The van der Waals surface area contributed by atoms with Crippen LogP contribution in [0.4, 0.5) is 0 Å². The van der Waals surface area contributed by atoms with Gasteiger partial charge in [-0.15, -0.1) is 0 Å². The zero-order valence-electron chi connectivity index (χ0n) is 12.8. The minimum Gasteiger partial charge on any atom is -0.313 e. The lowest BCUT2D eigenvalue weighted by Gasteiger charge is -2.46. The molecule has 1 unspecified atom stereocenters. The Morgan fingerprint density at radius 1 is 1.18 bits per heavy atom. The van der Waals surface area contributed by atoms with E-state index in [2.05, 4.69) is 51.8 Å². The van der Waals surface area contributed by atoms with Crippen molar-refractivity contribution >= 4 is 0 Å². The zero-order chi connectivity index (χ0) is 13.1. The van der Waals surface area contributed by atoms with E-state index >= 15 is 0 Å². The van der Waals surface area contributed by atoms with Crippen LogP contribution in [-0.2, 0) is 0 Å². The van der Waals surface area contributed by atoms with Crippen LogP contribution < -0.4 is 5.32 Å². The summed E-state index contributed by atoms with van der Waals surface area (Å²) in [5.41, 5.74) is 0.737. The second kappa shape index (κ2) is 5.71. The molecule has 1 saturated heterocycles. The average Bonchev–Trinajstić information content (AvgIpc) is 2.15. The van der Waals surface area contributed by atoms with E-state index in [9.17, 15) is 0 Å². The SMILES string of the molecule is CCNC1CCCN(C(C)(C)CC(C)(C)C)C1. The van der Waals surface area contributed by atoms with Gasteiger partial charge in [0.15, 0.2) is 0 Å². The van der Waals surface area contributed by atoms with E-state index in [1.807, 2.05) is 0 Å². The Morgan fingerprint density at radius 2 is 1.82 bits per heavy atom. The molecule has 0 aromatic heterocycles. The maximum atomic E-state index is 3.61.